The van der Waals surface area contributed by atoms with E-state index in [1.165, 1.54) is 5.56 Å². The molecule has 3 rings (SSSR count). The highest BCUT2D eigenvalue weighted by Gasteiger charge is 2.19. The van der Waals surface area contributed by atoms with Gasteiger partial charge in [0.05, 0.1) is 5.92 Å². The molecule has 5 heteroatoms. The van der Waals surface area contributed by atoms with E-state index in [2.05, 4.69) is 11.4 Å². The van der Waals surface area contributed by atoms with Gasteiger partial charge in [0.15, 0.2) is 5.78 Å². The van der Waals surface area contributed by atoms with Gasteiger partial charge in [-0.3, -0.25) is 9.59 Å². The van der Waals surface area contributed by atoms with E-state index in [1.807, 2.05) is 47.8 Å². The van der Waals surface area contributed by atoms with Crippen LogP contribution in [0.2, 0.25) is 0 Å². The summed E-state index contributed by atoms with van der Waals surface area (Å²) >= 11 is 1.66. The van der Waals surface area contributed by atoms with Crippen LogP contribution >= 0.6 is 11.3 Å². The number of hydrogen-bond acceptors (Lipinski definition) is 4. The molecule has 0 saturated heterocycles. The molecule has 4 nitrogen and oxygen atoms in total. The molecule has 0 spiro atoms. The van der Waals surface area contributed by atoms with Crippen molar-refractivity contribution in [2.45, 2.75) is 38.0 Å². The van der Waals surface area contributed by atoms with Gasteiger partial charge in [0, 0.05) is 17.7 Å². The molecule has 1 atom stereocenters. The summed E-state index contributed by atoms with van der Waals surface area (Å²) in [6.45, 7) is 0. The van der Waals surface area contributed by atoms with Crippen LogP contribution in [0.3, 0.4) is 0 Å². The average Bonchev–Trinajstić information content (AvgIpc) is 3.26. The zero-order chi connectivity index (χ0) is 20.6. The number of thiophene rings is 1. The number of benzene rings is 2. The summed E-state index contributed by atoms with van der Waals surface area (Å²) in [5, 5.41) is 4.14. The van der Waals surface area contributed by atoms with Gasteiger partial charge in [-0.15, -0.1) is 0 Å². The number of carbonyl (C=O) groups excluding carboxylic acids is 2. The second-order valence-electron chi connectivity index (χ2n) is 7.20. The number of ketones is 1. The Labute approximate surface area is 175 Å². The smallest absolute Gasteiger partial charge is 0.225 e. The highest BCUT2D eigenvalue weighted by atomic mass is 32.1. The first-order valence-electron chi connectivity index (χ1n) is 9.86. The van der Waals surface area contributed by atoms with Crippen molar-refractivity contribution >= 4 is 28.7 Å². The van der Waals surface area contributed by atoms with Crippen molar-refractivity contribution in [3.8, 4) is 11.1 Å². The number of rotatable bonds is 10. The molecular weight excluding hydrogens is 380 g/mol. The van der Waals surface area contributed by atoms with Gasteiger partial charge in [0.1, 0.15) is 0 Å². The molecule has 1 amide bonds. The molecule has 0 fully saturated rings. The third kappa shape index (κ3) is 5.55. The minimum atomic E-state index is -0.378. The Morgan fingerprint density at radius 2 is 1.66 bits per heavy atom. The summed E-state index contributed by atoms with van der Waals surface area (Å²) in [5.74, 6) is -0.582. The molecule has 0 saturated carbocycles. The predicted molar refractivity (Wildman–Crippen MR) is 120 cm³/mol. The number of nitrogens with two attached hydrogens (primary N) is 2. The number of unbranched alkanes of at least 4 members (excludes halogenated alkanes) is 2. The van der Waals surface area contributed by atoms with Gasteiger partial charge in [-0.05, 0) is 52.4 Å². The first-order chi connectivity index (χ1) is 14.1. The monoisotopic (exact) mass is 406 g/mol. The molecule has 0 radical (unpaired) electrons. The Balaban J connectivity index is 1.45. The Morgan fingerprint density at radius 3 is 2.31 bits per heavy atom. The Morgan fingerprint density at radius 1 is 0.897 bits per heavy atom. The first-order valence-corrected chi connectivity index (χ1v) is 10.8. The zero-order valence-corrected chi connectivity index (χ0v) is 17.2. The molecule has 0 aliphatic carbocycles. The maximum atomic E-state index is 12.4. The topological polar surface area (TPSA) is 86.2 Å². The maximum Gasteiger partial charge on any atom is 0.225 e. The van der Waals surface area contributed by atoms with Crippen LogP contribution in [0, 0.1) is 0 Å². The number of anilines is 1. The fourth-order valence-corrected chi connectivity index (χ4v) is 4.18. The molecule has 0 bridgehead atoms. The number of primary amides is 1. The van der Waals surface area contributed by atoms with Gasteiger partial charge >= 0.3 is 0 Å². The third-order valence-electron chi connectivity index (χ3n) is 5.17. The summed E-state index contributed by atoms with van der Waals surface area (Å²) in [7, 11) is 0. The van der Waals surface area contributed by atoms with E-state index in [0.29, 0.717) is 18.5 Å². The number of hydrogen-bond donors (Lipinski definition) is 2. The van der Waals surface area contributed by atoms with Crippen molar-refractivity contribution in [2.24, 2.45) is 5.73 Å². The number of Topliss-reactive ketones (excluding diaryl/α,β-unsaturated/α-hetero) is 1. The third-order valence-corrected chi connectivity index (χ3v) is 5.86. The largest absolute Gasteiger partial charge is 0.398 e. The Hall–Kier alpha value is -2.92. The van der Waals surface area contributed by atoms with Gasteiger partial charge in [-0.2, -0.15) is 11.3 Å². The highest BCUT2D eigenvalue weighted by molar-refractivity contribution is 7.08. The minimum Gasteiger partial charge on any atom is -0.398 e. The van der Waals surface area contributed by atoms with E-state index in [-0.39, 0.29) is 17.6 Å². The Bertz CT molecular complexity index is 949. The van der Waals surface area contributed by atoms with Crippen molar-refractivity contribution < 1.29 is 9.59 Å². The molecule has 4 N–H and O–H groups in total. The van der Waals surface area contributed by atoms with Crippen molar-refractivity contribution in [1.29, 1.82) is 0 Å². The standard InChI is InChI=1S/C24H26N2O2S/c25-22-8-5-4-6-20(22)21(24(26)28)7-2-1-3-9-23(27)18-12-10-17(11-13-18)19-14-15-29-16-19/h4-6,8,10-16,21H,1-3,7,9,25H2,(H2,26,28). The minimum absolute atomic E-state index is 0.153. The molecule has 29 heavy (non-hydrogen) atoms. The predicted octanol–water partition coefficient (Wildman–Crippen LogP) is 5.40. The van der Waals surface area contributed by atoms with Crippen molar-refractivity contribution in [1.82, 2.24) is 0 Å². The second kappa shape index (κ2) is 10.0. The molecule has 0 aliphatic heterocycles. The Kier molecular flexibility index (Phi) is 7.19. The summed E-state index contributed by atoms with van der Waals surface area (Å²) in [6.07, 6.45) is 3.64. The molecule has 1 heterocycles. The van der Waals surface area contributed by atoms with Gasteiger partial charge < -0.3 is 11.5 Å². The van der Waals surface area contributed by atoms with Crippen molar-refractivity contribution in [3.63, 3.8) is 0 Å². The van der Waals surface area contributed by atoms with Crippen LogP contribution in [0.25, 0.3) is 11.1 Å². The van der Waals surface area contributed by atoms with Crippen LogP contribution in [0.5, 0.6) is 0 Å². The summed E-state index contributed by atoms with van der Waals surface area (Å²) in [4.78, 5) is 24.3. The average molecular weight is 407 g/mol. The maximum absolute atomic E-state index is 12.4. The lowest BCUT2D eigenvalue weighted by Crippen LogP contribution is -2.22. The van der Waals surface area contributed by atoms with Gasteiger partial charge in [0.25, 0.3) is 0 Å². The van der Waals surface area contributed by atoms with Crippen LogP contribution in [-0.2, 0) is 4.79 Å². The van der Waals surface area contributed by atoms with Gasteiger partial charge in [-0.1, -0.05) is 55.3 Å². The van der Waals surface area contributed by atoms with E-state index in [9.17, 15) is 9.59 Å². The normalized spacial score (nSPS) is 11.9. The SMILES string of the molecule is NC(=O)C(CCCCCC(=O)c1ccc(-c2ccsc2)cc1)c1ccccc1N. The summed E-state index contributed by atoms with van der Waals surface area (Å²) in [6, 6.07) is 17.2. The van der Waals surface area contributed by atoms with E-state index in [4.69, 9.17) is 11.5 Å². The highest BCUT2D eigenvalue weighted by Crippen LogP contribution is 2.27. The molecule has 3 aromatic rings. The number of amides is 1. The first kappa shape index (κ1) is 20.8. The van der Waals surface area contributed by atoms with Crippen LogP contribution in [0.15, 0.2) is 65.4 Å². The van der Waals surface area contributed by atoms with Crippen molar-refractivity contribution in [3.05, 3.63) is 76.5 Å². The van der Waals surface area contributed by atoms with E-state index >= 15 is 0 Å². The molecule has 1 aromatic heterocycles. The van der Waals surface area contributed by atoms with E-state index < -0.39 is 0 Å². The zero-order valence-electron chi connectivity index (χ0n) is 16.3. The quantitative estimate of drug-likeness (QED) is 0.268. The molecule has 150 valence electrons. The molecular formula is C24H26N2O2S. The van der Waals surface area contributed by atoms with Crippen LogP contribution in [0.4, 0.5) is 5.69 Å². The lowest BCUT2D eigenvalue weighted by atomic mass is 9.91. The van der Waals surface area contributed by atoms with Crippen molar-refractivity contribution in [2.75, 3.05) is 5.73 Å². The lowest BCUT2D eigenvalue weighted by molar-refractivity contribution is -0.119. The fourth-order valence-electron chi connectivity index (χ4n) is 3.51. The lowest BCUT2D eigenvalue weighted by Gasteiger charge is -2.15. The van der Waals surface area contributed by atoms with Crippen LogP contribution in [0.1, 0.15) is 53.9 Å². The van der Waals surface area contributed by atoms with E-state index in [0.717, 1.165) is 36.0 Å². The molecule has 0 aliphatic rings. The van der Waals surface area contributed by atoms with Crippen LogP contribution in [-0.4, -0.2) is 11.7 Å². The van der Waals surface area contributed by atoms with E-state index in [1.54, 1.807) is 17.4 Å². The summed E-state index contributed by atoms with van der Waals surface area (Å²) < 4.78 is 0. The van der Waals surface area contributed by atoms with Crippen LogP contribution < -0.4 is 11.5 Å². The fraction of sp³-hybridized carbons (Fsp3) is 0.250. The summed E-state index contributed by atoms with van der Waals surface area (Å²) in [5.41, 5.74) is 16.0. The number of para-hydroxylation sites is 1. The molecule has 2 aromatic carbocycles. The van der Waals surface area contributed by atoms with Gasteiger partial charge in [0.2, 0.25) is 5.91 Å². The number of nitrogen functional groups attached to an aromatic ring is 1. The number of carbonyl (C=O) groups is 2. The molecule has 1 unspecified atom stereocenters. The van der Waals surface area contributed by atoms with Gasteiger partial charge in [-0.25, -0.2) is 0 Å². The second-order valence-corrected chi connectivity index (χ2v) is 7.98.